The van der Waals surface area contributed by atoms with Crippen molar-refractivity contribution < 1.29 is 9.59 Å². The fraction of sp³-hybridized carbons (Fsp3) is 0.600. The van der Waals surface area contributed by atoms with Crippen molar-refractivity contribution >= 4 is 11.8 Å². The van der Waals surface area contributed by atoms with Crippen LogP contribution in [0.25, 0.3) is 0 Å². The molecule has 2 fully saturated rings. The molecule has 5 heteroatoms. The lowest BCUT2D eigenvalue weighted by Gasteiger charge is -2.27. The molecule has 2 amide bonds. The highest BCUT2D eigenvalue weighted by atomic mass is 16.2. The summed E-state index contributed by atoms with van der Waals surface area (Å²) in [4.78, 5) is 29.1. The van der Waals surface area contributed by atoms with E-state index in [0.29, 0.717) is 12.3 Å². The molecular weight excluding hydrogens is 314 g/mol. The van der Waals surface area contributed by atoms with Crippen molar-refractivity contribution in [3.8, 4) is 0 Å². The van der Waals surface area contributed by atoms with Crippen LogP contribution in [-0.2, 0) is 16.1 Å². The summed E-state index contributed by atoms with van der Waals surface area (Å²) in [6.45, 7) is 6.52. The number of hydrogen-bond donors (Lipinski definition) is 1. The van der Waals surface area contributed by atoms with Gasteiger partial charge < -0.3 is 10.2 Å². The van der Waals surface area contributed by atoms with Crippen LogP contribution in [0, 0.1) is 5.92 Å². The Kier molecular flexibility index (Phi) is 6.08. The molecule has 2 unspecified atom stereocenters. The van der Waals surface area contributed by atoms with Crippen molar-refractivity contribution in [2.24, 2.45) is 5.92 Å². The number of hydrogen-bond acceptors (Lipinski definition) is 3. The smallest absolute Gasteiger partial charge is 0.245 e. The first-order valence-electron chi connectivity index (χ1n) is 9.46. The predicted octanol–water partition coefficient (Wildman–Crippen LogP) is 2.03. The lowest BCUT2D eigenvalue weighted by molar-refractivity contribution is -0.136. The number of carbonyl (C=O) groups is 2. The van der Waals surface area contributed by atoms with E-state index in [-0.39, 0.29) is 17.9 Å². The lowest BCUT2D eigenvalue weighted by Crippen LogP contribution is -2.49. The molecule has 2 saturated heterocycles. The van der Waals surface area contributed by atoms with Crippen LogP contribution in [0.4, 0.5) is 0 Å². The third-order valence-electron chi connectivity index (χ3n) is 5.13. The Morgan fingerprint density at radius 2 is 1.96 bits per heavy atom. The molecule has 0 saturated carbocycles. The third kappa shape index (κ3) is 5.05. The lowest BCUT2D eigenvalue weighted by atomic mass is 10.1. The summed E-state index contributed by atoms with van der Waals surface area (Å²) >= 11 is 0. The van der Waals surface area contributed by atoms with Gasteiger partial charge in [-0.05, 0) is 24.3 Å². The number of amides is 2. The molecule has 1 aromatic rings. The summed E-state index contributed by atoms with van der Waals surface area (Å²) < 4.78 is 0. The Morgan fingerprint density at radius 1 is 1.16 bits per heavy atom. The first-order chi connectivity index (χ1) is 12.1. The van der Waals surface area contributed by atoms with E-state index in [1.165, 1.54) is 5.56 Å². The molecule has 2 aliphatic rings. The molecule has 2 aliphatic heterocycles. The van der Waals surface area contributed by atoms with E-state index < -0.39 is 0 Å². The van der Waals surface area contributed by atoms with E-state index in [4.69, 9.17) is 0 Å². The van der Waals surface area contributed by atoms with Gasteiger partial charge in [0.1, 0.15) is 6.04 Å². The van der Waals surface area contributed by atoms with E-state index in [1.807, 2.05) is 11.0 Å². The van der Waals surface area contributed by atoms with Crippen molar-refractivity contribution in [3.05, 3.63) is 35.9 Å². The van der Waals surface area contributed by atoms with Gasteiger partial charge >= 0.3 is 0 Å². The Labute approximate surface area is 150 Å². The summed E-state index contributed by atoms with van der Waals surface area (Å²) in [6.07, 6.45) is 3.14. The fourth-order valence-electron chi connectivity index (χ4n) is 3.88. The van der Waals surface area contributed by atoms with E-state index >= 15 is 0 Å². The largest absolute Gasteiger partial charge is 0.344 e. The highest BCUT2D eigenvalue weighted by Gasteiger charge is 2.30. The molecule has 2 heterocycles. The van der Waals surface area contributed by atoms with Gasteiger partial charge in [0, 0.05) is 39.1 Å². The Morgan fingerprint density at radius 3 is 2.76 bits per heavy atom. The fourth-order valence-corrected chi connectivity index (χ4v) is 3.88. The van der Waals surface area contributed by atoms with Crippen LogP contribution in [0.3, 0.4) is 0 Å². The predicted molar refractivity (Wildman–Crippen MR) is 97.9 cm³/mol. The molecule has 0 aliphatic carbocycles. The van der Waals surface area contributed by atoms with Crippen LogP contribution in [0.1, 0.15) is 38.2 Å². The number of benzene rings is 1. The minimum Gasteiger partial charge on any atom is -0.344 e. The van der Waals surface area contributed by atoms with Gasteiger partial charge in [-0.15, -0.1) is 0 Å². The zero-order chi connectivity index (χ0) is 17.6. The molecule has 25 heavy (non-hydrogen) atoms. The van der Waals surface area contributed by atoms with Crippen molar-refractivity contribution in [3.63, 3.8) is 0 Å². The molecule has 2 atom stereocenters. The maximum absolute atomic E-state index is 12.9. The van der Waals surface area contributed by atoms with Crippen molar-refractivity contribution in [2.75, 3.05) is 26.2 Å². The van der Waals surface area contributed by atoms with Gasteiger partial charge in [-0.3, -0.25) is 14.5 Å². The SMILES string of the molecule is CC1CN(Cc2ccccc2)CCN(C(=O)C2CCCCC(=O)N2)C1. The zero-order valence-corrected chi connectivity index (χ0v) is 15.1. The maximum atomic E-state index is 12.9. The van der Waals surface area contributed by atoms with Crippen molar-refractivity contribution in [1.82, 2.24) is 15.1 Å². The van der Waals surface area contributed by atoms with E-state index in [1.54, 1.807) is 0 Å². The average Bonchev–Trinajstić information content (AvgIpc) is 2.93. The first-order valence-corrected chi connectivity index (χ1v) is 9.46. The maximum Gasteiger partial charge on any atom is 0.245 e. The van der Waals surface area contributed by atoms with E-state index in [2.05, 4.69) is 41.4 Å². The van der Waals surface area contributed by atoms with Gasteiger partial charge in [0.05, 0.1) is 0 Å². The molecular formula is C20H29N3O2. The first kappa shape index (κ1) is 17.9. The van der Waals surface area contributed by atoms with Crippen LogP contribution in [0.15, 0.2) is 30.3 Å². The van der Waals surface area contributed by atoms with Gasteiger partial charge in [-0.25, -0.2) is 0 Å². The van der Waals surface area contributed by atoms with Crippen LogP contribution < -0.4 is 5.32 Å². The van der Waals surface area contributed by atoms with Gasteiger partial charge in [0.2, 0.25) is 11.8 Å². The average molecular weight is 343 g/mol. The minimum absolute atomic E-state index is 0.0180. The second-order valence-electron chi connectivity index (χ2n) is 7.48. The van der Waals surface area contributed by atoms with Crippen molar-refractivity contribution in [1.29, 1.82) is 0 Å². The van der Waals surface area contributed by atoms with Crippen LogP contribution in [0.5, 0.6) is 0 Å². The standard InChI is InChI=1S/C20H29N3O2/c1-16-13-22(15-17-7-3-2-4-8-17)11-12-23(14-16)20(25)18-9-5-6-10-19(24)21-18/h2-4,7-8,16,18H,5-6,9-15H2,1H3,(H,21,24). The quantitative estimate of drug-likeness (QED) is 0.914. The summed E-state index contributed by atoms with van der Waals surface area (Å²) in [5, 5.41) is 2.92. The normalized spacial score (nSPS) is 25.8. The number of carbonyl (C=O) groups excluding carboxylic acids is 2. The van der Waals surface area contributed by atoms with Gasteiger partial charge in [0.25, 0.3) is 0 Å². The summed E-state index contributed by atoms with van der Waals surface area (Å²) in [5.74, 6) is 0.546. The summed E-state index contributed by atoms with van der Waals surface area (Å²) in [6, 6.07) is 10.2. The molecule has 136 valence electrons. The second kappa shape index (κ2) is 8.48. The molecule has 1 aromatic carbocycles. The third-order valence-corrected chi connectivity index (χ3v) is 5.13. The molecule has 0 radical (unpaired) electrons. The van der Waals surface area contributed by atoms with E-state index in [9.17, 15) is 9.59 Å². The molecule has 3 rings (SSSR count). The minimum atomic E-state index is -0.331. The topological polar surface area (TPSA) is 52.7 Å². The number of rotatable bonds is 3. The monoisotopic (exact) mass is 343 g/mol. The van der Waals surface area contributed by atoms with Crippen LogP contribution in [-0.4, -0.2) is 53.8 Å². The number of nitrogens with zero attached hydrogens (tertiary/aromatic N) is 2. The summed E-state index contributed by atoms with van der Waals surface area (Å²) in [7, 11) is 0. The molecule has 0 bridgehead atoms. The van der Waals surface area contributed by atoms with Crippen LogP contribution in [0.2, 0.25) is 0 Å². The highest BCUT2D eigenvalue weighted by Crippen LogP contribution is 2.16. The molecule has 0 spiro atoms. The number of nitrogens with one attached hydrogen (secondary N) is 1. The Hall–Kier alpha value is -1.88. The van der Waals surface area contributed by atoms with Gasteiger partial charge in [0.15, 0.2) is 0 Å². The summed E-state index contributed by atoms with van der Waals surface area (Å²) in [5.41, 5.74) is 1.31. The molecule has 1 N–H and O–H groups in total. The Balaban J connectivity index is 1.60. The molecule has 0 aromatic heterocycles. The van der Waals surface area contributed by atoms with Crippen LogP contribution >= 0.6 is 0 Å². The zero-order valence-electron chi connectivity index (χ0n) is 15.1. The van der Waals surface area contributed by atoms with Gasteiger partial charge in [-0.1, -0.05) is 43.7 Å². The second-order valence-corrected chi connectivity index (χ2v) is 7.48. The Bertz CT molecular complexity index is 590. The highest BCUT2D eigenvalue weighted by molar-refractivity contribution is 5.88. The van der Waals surface area contributed by atoms with E-state index in [0.717, 1.165) is 52.0 Å². The molecule has 5 nitrogen and oxygen atoms in total. The van der Waals surface area contributed by atoms with Gasteiger partial charge in [-0.2, -0.15) is 0 Å². The van der Waals surface area contributed by atoms with Crippen molar-refractivity contribution in [2.45, 2.75) is 45.2 Å².